The van der Waals surface area contributed by atoms with E-state index in [1.54, 1.807) is 0 Å². The third kappa shape index (κ3) is 6.21. The van der Waals surface area contributed by atoms with Gasteiger partial charge in [-0.2, -0.15) is 0 Å². The minimum atomic E-state index is -3.69. The van der Waals surface area contributed by atoms with E-state index >= 15 is 0 Å². The third-order valence-corrected chi connectivity index (χ3v) is 5.28. The van der Waals surface area contributed by atoms with Gasteiger partial charge >= 0.3 is 7.82 Å². The van der Waals surface area contributed by atoms with Crippen molar-refractivity contribution in [2.24, 2.45) is 0 Å². The van der Waals surface area contributed by atoms with Crippen LogP contribution in [0, 0.1) is 0 Å². The van der Waals surface area contributed by atoms with Crippen molar-refractivity contribution in [2.75, 3.05) is 0 Å². The van der Waals surface area contributed by atoms with Gasteiger partial charge in [0.2, 0.25) is 0 Å². The molecule has 24 heavy (non-hydrogen) atoms. The third-order valence-electron chi connectivity index (χ3n) is 3.67. The lowest BCUT2D eigenvalue weighted by molar-refractivity contribution is 0.0242. The quantitative estimate of drug-likeness (QED) is 0.543. The molecule has 0 N–H and O–H groups in total. The highest BCUT2D eigenvalue weighted by Gasteiger charge is 2.34. The first-order valence-electron chi connectivity index (χ1n) is 8.10. The van der Waals surface area contributed by atoms with Gasteiger partial charge in [0.1, 0.15) is 0 Å². The molecule has 4 nitrogen and oxygen atoms in total. The van der Waals surface area contributed by atoms with Gasteiger partial charge < -0.3 is 0 Å². The summed E-state index contributed by atoms with van der Waals surface area (Å²) in [6, 6.07) is 19.1. The SMILES string of the molecule is CCC(C)(C)OP(=O)(OCc1ccccc1)OCc1ccccc1. The van der Waals surface area contributed by atoms with E-state index in [9.17, 15) is 4.57 Å². The number of phosphoric acid groups is 1. The van der Waals surface area contributed by atoms with Gasteiger partial charge in [-0.25, -0.2) is 4.57 Å². The fraction of sp³-hybridized carbons (Fsp3) is 0.368. The molecule has 0 aliphatic rings. The average Bonchev–Trinajstić information content (AvgIpc) is 2.60. The van der Waals surface area contributed by atoms with Gasteiger partial charge in [-0.15, -0.1) is 0 Å². The molecule has 2 rings (SSSR count). The molecule has 0 atom stereocenters. The second kappa shape index (κ2) is 8.59. The maximum Gasteiger partial charge on any atom is 0.475 e. The first kappa shape index (κ1) is 18.9. The van der Waals surface area contributed by atoms with Crippen LogP contribution in [0.4, 0.5) is 0 Å². The summed E-state index contributed by atoms with van der Waals surface area (Å²) in [5.74, 6) is 0. The van der Waals surface area contributed by atoms with Crippen LogP contribution in [-0.2, 0) is 31.4 Å². The molecule has 0 radical (unpaired) electrons. The van der Waals surface area contributed by atoms with Crippen LogP contribution in [-0.4, -0.2) is 5.60 Å². The fourth-order valence-corrected chi connectivity index (χ4v) is 3.44. The summed E-state index contributed by atoms with van der Waals surface area (Å²) in [7, 11) is -3.69. The molecule has 0 aromatic heterocycles. The van der Waals surface area contributed by atoms with Crippen LogP contribution >= 0.6 is 7.82 Å². The number of hydrogen-bond donors (Lipinski definition) is 0. The Hall–Kier alpha value is -1.45. The van der Waals surface area contributed by atoms with E-state index in [0.717, 1.165) is 11.1 Å². The number of rotatable bonds is 9. The lowest BCUT2D eigenvalue weighted by Gasteiger charge is -2.28. The van der Waals surface area contributed by atoms with Crippen LogP contribution in [0.5, 0.6) is 0 Å². The van der Waals surface area contributed by atoms with Crippen LogP contribution in [0.15, 0.2) is 60.7 Å². The van der Waals surface area contributed by atoms with Crippen LogP contribution in [0.2, 0.25) is 0 Å². The van der Waals surface area contributed by atoms with Gasteiger partial charge in [0, 0.05) is 0 Å². The second-order valence-corrected chi connectivity index (χ2v) is 7.76. The zero-order valence-corrected chi connectivity index (χ0v) is 15.4. The van der Waals surface area contributed by atoms with Crippen molar-refractivity contribution >= 4 is 7.82 Å². The Morgan fingerprint density at radius 2 is 1.25 bits per heavy atom. The highest BCUT2D eigenvalue weighted by molar-refractivity contribution is 7.48. The number of hydrogen-bond acceptors (Lipinski definition) is 4. The molecule has 0 fully saturated rings. The van der Waals surface area contributed by atoms with Crippen molar-refractivity contribution in [3.05, 3.63) is 71.8 Å². The molecule has 0 spiro atoms. The molecule has 0 amide bonds. The Morgan fingerprint density at radius 1 is 0.833 bits per heavy atom. The normalized spacial score (nSPS) is 12.3. The van der Waals surface area contributed by atoms with Crippen molar-refractivity contribution in [1.82, 2.24) is 0 Å². The van der Waals surface area contributed by atoms with Crippen molar-refractivity contribution in [3.8, 4) is 0 Å². The zero-order valence-electron chi connectivity index (χ0n) is 14.5. The largest absolute Gasteiger partial charge is 0.475 e. The summed E-state index contributed by atoms with van der Waals surface area (Å²) < 4.78 is 30.0. The Bertz CT molecular complexity index is 608. The second-order valence-electron chi connectivity index (χ2n) is 6.17. The Kier molecular flexibility index (Phi) is 6.76. The minimum absolute atomic E-state index is 0.173. The molecule has 0 aliphatic carbocycles. The number of phosphoric ester groups is 1. The summed E-state index contributed by atoms with van der Waals surface area (Å²) in [5.41, 5.74) is 1.24. The molecule has 0 saturated carbocycles. The summed E-state index contributed by atoms with van der Waals surface area (Å²) in [5, 5.41) is 0. The van der Waals surface area contributed by atoms with Crippen molar-refractivity contribution in [2.45, 2.75) is 46.0 Å². The van der Waals surface area contributed by atoms with Gasteiger partial charge in [-0.05, 0) is 31.4 Å². The van der Waals surface area contributed by atoms with E-state index in [1.807, 2.05) is 81.4 Å². The zero-order chi connectivity index (χ0) is 17.5. The molecule has 0 heterocycles. The number of benzene rings is 2. The first-order chi connectivity index (χ1) is 11.4. The van der Waals surface area contributed by atoms with Crippen LogP contribution in [0.1, 0.15) is 38.3 Å². The lowest BCUT2D eigenvalue weighted by atomic mass is 10.1. The molecule has 0 unspecified atom stereocenters. The molecule has 0 saturated heterocycles. The van der Waals surface area contributed by atoms with E-state index < -0.39 is 13.4 Å². The molecule has 130 valence electrons. The average molecular weight is 348 g/mol. The predicted molar refractivity (Wildman–Crippen MR) is 95.5 cm³/mol. The van der Waals surface area contributed by atoms with Crippen molar-refractivity contribution in [3.63, 3.8) is 0 Å². The monoisotopic (exact) mass is 348 g/mol. The smallest absolute Gasteiger partial charge is 0.282 e. The molecule has 2 aromatic rings. The highest BCUT2D eigenvalue weighted by Crippen LogP contribution is 2.54. The lowest BCUT2D eigenvalue weighted by Crippen LogP contribution is -2.22. The van der Waals surface area contributed by atoms with Crippen LogP contribution in [0.3, 0.4) is 0 Å². The molecular weight excluding hydrogens is 323 g/mol. The van der Waals surface area contributed by atoms with Gasteiger partial charge in [0.05, 0.1) is 18.8 Å². The molecule has 5 heteroatoms. The predicted octanol–water partition coefficient (Wildman–Crippen LogP) is 5.73. The summed E-state index contributed by atoms with van der Waals surface area (Å²) in [6.07, 6.45) is 0.695. The van der Waals surface area contributed by atoms with E-state index in [-0.39, 0.29) is 13.2 Å². The molecule has 2 aromatic carbocycles. The Balaban J connectivity index is 2.06. The topological polar surface area (TPSA) is 44.8 Å². The van der Waals surface area contributed by atoms with Crippen molar-refractivity contribution < 1.29 is 18.1 Å². The maximum atomic E-state index is 13.1. The molecule has 0 aliphatic heterocycles. The first-order valence-corrected chi connectivity index (χ1v) is 9.56. The van der Waals surface area contributed by atoms with Gasteiger partial charge in [-0.1, -0.05) is 67.6 Å². The van der Waals surface area contributed by atoms with Crippen LogP contribution < -0.4 is 0 Å². The van der Waals surface area contributed by atoms with E-state index in [4.69, 9.17) is 13.6 Å². The van der Waals surface area contributed by atoms with E-state index in [0.29, 0.717) is 6.42 Å². The van der Waals surface area contributed by atoms with Gasteiger partial charge in [0.15, 0.2) is 0 Å². The standard InChI is InChI=1S/C19H25O4P/c1-4-19(2,3)23-24(20,21-15-17-11-7-5-8-12-17)22-16-18-13-9-6-10-14-18/h5-14H,4,15-16H2,1-3H3. The summed E-state index contributed by atoms with van der Waals surface area (Å²) in [6.45, 7) is 6.06. The van der Waals surface area contributed by atoms with Gasteiger partial charge in [-0.3, -0.25) is 13.6 Å². The van der Waals surface area contributed by atoms with Crippen molar-refractivity contribution in [1.29, 1.82) is 0 Å². The minimum Gasteiger partial charge on any atom is -0.282 e. The maximum absolute atomic E-state index is 13.1. The van der Waals surface area contributed by atoms with Gasteiger partial charge in [0.25, 0.3) is 0 Å². The Labute approximate surface area is 144 Å². The summed E-state index contributed by atoms with van der Waals surface area (Å²) in [4.78, 5) is 0. The van der Waals surface area contributed by atoms with Crippen LogP contribution in [0.25, 0.3) is 0 Å². The Morgan fingerprint density at radius 3 is 1.62 bits per heavy atom. The highest BCUT2D eigenvalue weighted by atomic mass is 31.2. The van der Waals surface area contributed by atoms with E-state index in [2.05, 4.69) is 0 Å². The van der Waals surface area contributed by atoms with E-state index in [1.165, 1.54) is 0 Å². The fourth-order valence-electron chi connectivity index (χ4n) is 1.91. The molecule has 0 bridgehead atoms. The summed E-state index contributed by atoms with van der Waals surface area (Å²) >= 11 is 0. The molecular formula is C19H25O4P.